The van der Waals surface area contributed by atoms with Crippen LogP contribution in [0.1, 0.15) is 38.3 Å². The van der Waals surface area contributed by atoms with Crippen LogP contribution < -0.4 is 5.32 Å². The zero-order valence-corrected chi connectivity index (χ0v) is 22.6. The number of carbonyl (C=O) groups is 3. The molecule has 0 aromatic heterocycles. The van der Waals surface area contributed by atoms with Crippen LogP contribution in [0.15, 0.2) is 61.2 Å². The average molecular weight is 542 g/mol. The molecular weight excluding hydrogens is 506 g/mol. The van der Waals surface area contributed by atoms with Crippen molar-refractivity contribution in [3.63, 3.8) is 0 Å². The molecule has 0 fully saturated rings. The molecule has 2 aromatic rings. The number of phenols is 1. The van der Waals surface area contributed by atoms with Crippen LogP contribution in [-0.4, -0.2) is 58.1 Å². The third-order valence-electron chi connectivity index (χ3n) is 6.23. The number of rotatable bonds is 14. The van der Waals surface area contributed by atoms with Gasteiger partial charge in [-0.2, -0.15) is 0 Å². The van der Waals surface area contributed by atoms with Crippen molar-refractivity contribution >= 4 is 23.5 Å². The molecular formula is C28H35N3O8. The lowest BCUT2D eigenvalue weighted by molar-refractivity contribution is -0.385. The minimum Gasteiger partial charge on any atom is -0.508 e. The van der Waals surface area contributed by atoms with Gasteiger partial charge in [-0.05, 0) is 24.5 Å². The number of carbonyl (C=O) groups excluding carboxylic acids is 3. The van der Waals surface area contributed by atoms with Crippen LogP contribution in [0.4, 0.5) is 5.69 Å². The van der Waals surface area contributed by atoms with Gasteiger partial charge >= 0.3 is 11.9 Å². The highest BCUT2D eigenvalue weighted by Crippen LogP contribution is 2.32. The van der Waals surface area contributed by atoms with E-state index in [1.54, 1.807) is 51.1 Å². The zero-order chi connectivity index (χ0) is 29.2. The molecule has 0 heterocycles. The molecule has 0 spiro atoms. The molecule has 11 nitrogen and oxygen atoms in total. The summed E-state index contributed by atoms with van der Waals surface area (Å²) >= 11 is 0. The third kappa shape index (κ3) is 7.41. The Balaban J connectivity index is 2.77. The van der Waals surface area contributed by atoms with Gasteiger partial charge in [0.1, 0.15) is 11.8 Å². The maximum Gasteiger partial charge on any atom is 0.336 e. The fraction of sp³-hybridized carbons (Fsp3) is 0.393. The van der Waals surface area contributed by atoms with Gasteiger partial charge in [-0.3, -0.25) is 19.8 Å². The van der Waals surface area contributed by atoms with E-state index in [2.05, 4.69) is 11.9 Å². The molecule has 0 radical (unpaired) electrons. The van der Waals surface area contributed by atoms with E-state index in [0.29, 0.717) is 5.56 Å². The molecule has 0 aliphatic carbocycles. The molecule has 2 aromatic carbocycles. The summed E-state index contributed by atoms with van der Waals surface area (Å²) in [4.78, 5) is 52.6. The maximum absolute atomic E-state index is 14.1. The second kappa shape index (κ2) is 14.1. The van der Waals surface area contributed by atoms with Gasteiger partial charge in [0, 0.05) is 37.2 Å². The van der Waals surface area contributed by atoms with Crippen molar-refractivity contribution in [2.75, 3.05) is 13.7 Å². The number of nitro groups is 1. The molecule has 2 atom stereocenters. The molecule has 0 saturated heterocycles. The maximum atomic E-state index is 14.1. The Hall–Kier alpha value is -4.25. The number of nitrogens with zero attached hydrogens (tertiary/aromatic N) is 2. The molecule has 39 heavy (non-hydrogen) atoms. The molecule has 0 aliphatic heterocycles. The first-order valence-electron chi connectivity index (χ1n) is 12.4. The number of non-ortho nitro benzene ring substituents is 1. The lowest BCUT2D eigenvalue weighted by Crippen LogP contribution is -2.65. The highest BCUT2D eigenvalue weighted by Gasteiger charge is 2.52. The van der Waals surface area contributed by atoms with Gasteiger partial charge in [0.2, 0.25) is 5.54 Å². The summed E-state index contributed by atoms with van der Waals surface area (Å²) in [6.07, 6.45) is 1.15. The van der Waals surface area contributed by atoms with Crippen molar-refractivity contribution in [2.24, 2.45) is 5.92 Å². The van der Waals surface area contributed by atoms with Crippen molar-refractivity contribution in [1.29, 1.82) is 0 Å². The monoisotopic (exact) mass is 541 g/mol. The number of phenolic OH excluding ortho intramolecular Hbond substituents is 1. The highest BCUT2D eigenvalue weighted by molar-refractivity contribution is 6.08. The normalized spacial score (nSPS) is 13.3. The van der Waals surface area contributed by atoms with Crippen molar-refractivity contribution in [3.05, 3.63) is 82.4 Å². The molecule has 2 rings (SSSR count). The number of methoxy groups -OCH3 is 1. The van der Waals surface area contributed by atoms with Crippen LogP contribution >= 0.6 is 0 Å². The van der Waals surface area contributed by atoms with Gasteiger partial charge < -0.3 is 19.9 Å². The first-order valence-corrected chi connectivity index (χ1v) is 12.4. The average Bonchev–Trinajstić information content (AvgIpc) is 2.90. The summed E-state index contributed by atoms with van der Waals surface area (Å²) in [5, 5.41) is 24.7. The first-order chi connectivity index (χ1) is 18.5. The summed E-state index contributed by atoms with van der Waals surface area (Å²) in [6, 6.07) is 11.4. The van der Waals surface area contributed by atoms with Crippen LogP contribution in [-0.2, 0) is 36.9 Å². The van der Waals surface area contributed by atoms with E-state index in [1.807, 2.05) is 0 Å². The Labute approximate surface area is 227 Å². The first kappa shape index (κ1) is 31.0. The zero-order valence-electron chi connectivity index (χ0n) is 22.6. The minimum atomic E-state index is -2.06. The molecule has 0 saturated carbocycles. The number of amides is 1. The number of nitrogens with one attached hydrogen (secondary N) is 1. The number of benzene rings is 2. The predicted molar refractivity (Wildman–Crippen MR) is 143 cm³/mol. The van der Waals surface area contributed by atoms with E-state index in [9.17, 15) is 29.6 Å². The Morgan fingerprint density at radius 1 is 1.18 bits per heavy atom. The molecule has 11 heteroatoms. The number of hydrogen-bond donors (Lipinski definition) is 2. The molecule has 1 amide bonds. The number of esters is 2. The van der Waals surface area contributed by atoms with E-state index in [1.165, 1.54) is 30.2 Å². The van der Waals surface area contributed by atoms with E-state index in [0.717, 1.165) is 6.07 Å². The van der Waals surface area contributed by atoms with Gasteiger partial charge in [-0.1, -0.05) is 50.3 Å². The Morgan fingerprint density at radius 3 is 2.38 bits per heavy atom. The van der Waals surface area contributed by atoms with Gasteiger partial charge in [-0.15, -0.1) is 6.58 Å². The van der Waals surface area contributed by atoms with Gasteiger partial charge in [0.25, 0.3) is 11.6 Å². The van der Waals surface area contributed by atoms with E-state index in [4.69, 9.17) is 9.47 Å². The largest absolute Gasteiger partial charge is 0.508 e. The molecule has 0 unspecified atom stereocenters. The molecule has 0 aliphatic rings. The number of hydrogen-bond acceptors (Lipinski definition) is 9. The highest BCUT2D eigenvalue weighted by atomic mass is 16.6. The topological polar surface area (TPSA) is 148 Å². The van der Waals surface area contributed by atoms with Crippen molar-refractivity contribution < 1.29 is 33.9 Å². The summed E-state index contributed by atoms with van der Waals surface area (Å²) < 4.78 is 10.2. The second-order valence-corrected chi connectivity index (χ2v) is 9.20. The molecule has 2 N–H and O–H groups in total. The van der Waals surface area contributed by atoms with Crippen molar-refractivity contribution in [1.82, 2.24) is 10.2 Å². The summed E-state index contributed by atoms with van der Waals surface area (Å²) in [5.74, 6) is -3.08. The Kier molecular flexibility index (Phi) is 11.2. The molecule has 0 bridgehead atoms. The number of aromatic hydroxyl groups is 1. The van der Waals surface area contributed by atoms with E-state index in [-0.39, 0.29) is 49.0 Å². The van der Waals surface area contributed by atoms with Gasteiger partial charge in [0.15, 0.2) is 0 Å². The lowest BCUT2D eigenvalue weighted by Gasteiger charge is -2.41. The van der Waals surface area contributed by atoms with Crippen molar-refractivity contribution in [2.45, 2.75) is 51.9 Å². The Morgan fingerprint density at radius 2 is 1.85 bits per heavy atom. The van der Waals surface area contributed by atoms with Crippen LogP contribution in [0.2, 0.25) is 0 Å². The number of ether oxygens (including phenoxy) is 2. The minimum absolute atomic E-state index is 0.00756. The fourth-order valence-corrected chi connectivity index (χ4v) is 4.16. The number of nitro benzene ring substituents is 1. The summed E-state index contributed by atoms with van der Waals surface area (Å²) in [7, 11) is 1.19. The Bertz CT molecular complexity index is 1180. The van der Waals surface area contributed by atoms with E-state index >= 15 is 0 Å². The summed E-state index contributed by atoms with van der Waals surface area (Å²) in [6.45, 7) is 8.46. The van der Waals surface area contributed by atoms with Crippen LogP contribution in [0.5, 0.6) is 5.75 Å². The van der Waals surface area contributed by atoms with Crippen LogP contribution in [0.25, 0.3) is 0 Å². The van der Waals surface area contributed by atoms with Gasteiger partial charge in [-0.25, -0.2) is 9.59 Å². The quantitative estimate of drug-likeness (QED) is 0.120. The lowest BCUT2D eigenvalue weighted by atomic mass is 9.88. The van der Waals surface area contributed by atoms with Crippen LogP contribution in [0, 0.1) is 16.0 Å². The molecule has 210 valence electrons. The summed E-state index contributed by atoms with van der Waals surface area (Å²) in [5.41, 5.74) is -1.52. The third-order valence-corrected chi connectivity index (χ3v) is 6.23. The second-order valence-electron chi connectivity index (χ2n) is 9.20. The van der Waals surface area contributed by atoms with E-state index < -0.39 is 34.3 Å². The van der Waals surface area contributed by atoms with Gasteiger partial charge in [0.05, 0.1) is 18.6 Å². The fourth-order valence-electron chi connectivity index (χ4n) is 4.16. The predicted octanol–water partition coefficient (Wildman–Crippen LogP) is 3.49. The standard InChI is InChI=1S/C28H35N3O8/c1-6-15-28(27(35)39-7-2,26(34)29-24(19(3)4)25(33)38-5)30(17-20-11-9-8-10-12-20)18-21-16-22(31(36)37)13-14-23(21)32/h6,8-14,16,19,24,32H,1,7,15,17-18H2,2-5H3,(H,29,34)/t24-,28-/m0/s1. The SMILES string of the molecule is C=CC[C@](C(=O)N[C@H](C(=O)OC)C(C)C)(C(=O)OCC)N(Cc1ccccc1)Cc1cc([N+](=O)[O-])ccc1O. The van der Waals surface area contributed by atoms with Crippen LogP contribution in [0.3, 0.4) is 0 Å². The smallest absolute Gasteiger partial charge is 0.336 e. The van der Waals surface area contributed by atoms with Crippen molar-refractivity contribution in [3.8, 4) is 5.75 Å².